The van der Waals surface area contributed by atoms with Gasteiger partial charge in [0.25, 0.3) is 0 Å². The van der Waals surface area contributed by atoms with Gasteiger partial charge in [-0.15, -0.1) is 0 Å². The molecule has 2 unspecified atom stereocenters. The Hall–Kier alpha value is -0.0500. The van der Waals surface area contributed by atoms with Crippen LogP contribution in [-0.2, 0) is 4.79 Å². The molecule has 0 saturated carbocycles. The Morgan fingerprint density at radius 1 is 1.45 bits per heavy atom. The van der Waals surface area contributed by atoms with Gasteiger partial charge in [-0.2, -0.15) is 0 Å². The molecule has 0 aromatic rings. The summed E-state index contributed by atoms with van der Waals surface area (Å²) in [5.74, 6) is 0.170. The Balaban J connectivity index is 3.51. The molecule has 0 rings (SSSR count). The number of halogens is 1. The van der Waals surface area contributed by atoms with Gasteiger partial charge in [0.05, 0.1) is 0 Å². The second-order valence-electron chi connectivity index (χ2n) is 3.20. The summed E-state index contributed by atoms with van der Waals surface area (Å²) in [4.78, 5) is 10.3. The van der Waals surface area contributed by atoms with Gasteiger partial charge in [0.1, 0.15) is 0 Å². The van der Waals surface area contributed by atoms with E-state index >= 15 is 0 Å². The van der Waals surface area contributed by atoms with Crippen molar-refractivity contribution in [2.75, 3.05) is 5.33 Å². The van der Waals surface area contributed by atoms with Crippen LogP contribution in [0.5, 0.6) is 0 Å². The lowest BCUT2D eigenvalue weighted by atomic mass is 9.96. The van der Waals surface area contributed by atoms with Crippen molar-refractivity contribution in [2.45, 2.75) is 26.7 Å². The first-order valence-corrected chi connectivity index (χ1v) is 4.96. The minimum Gasteiger partial charge on any atom is -0.481 e. The molecule has 0 aromatic carbocycles. The van der Waals surface area contributed by atoms with E-state index in [1.54, 1.807) is 0 Å². The number of hydrogen-bond acceptors (Lipinski definition) is 1. The summed E-state index contributed by atoms with van der Waals surface area (Å²) in [7, 11) is 0. The number of hydrogen-bond donors (Lipinski definition) is 1. The highest BCUT2D eigenvalue weighted by Crippen LogP contribution is 2.16. The van der Waals surface area contributed by atoms with E-state index in [2.05, 4.69) is 22.9 Å². The van der Waals surface area contributed by atoms with Crippen molar-refractivity contribution in [3.05, 3.63) is 0 Å². The summed E-state index contributed by atoms with van der Waals surface area (Å²) in [6.45, 7) is 4.10. The summed E-state index contributed by atoms with van der Waals surface area (Å²) < 4.78 is 0. The first kappa shape index (κ1) is 11.0. The summed E-state index contributed by atoms with van der Waals surface area (Å²) in [6.07, 6.45) is 1.27. The monoisotopic (exact) mass is 222 g/mol. The van der Waals surface area contributed by atoms with Crippen LogP contribution in [0.15, 0.2) is 0 Å². The van der Waals surface area contributed by atoms with Gasteiger partial charge in [-0.1, -0.05) is 29.8 Å². The highest BCUT2D eigenvalue weighted by molar-refractivity contribution is 9.09. The number of rotatable bonds is 5. The number of carboxylic acid groups (broad SMARTS) is 1. The Morgan fingerprint density at radius 2 is 2.00 bits per heavy atom. The van der Waals surface area contributed by atoms with E-state index in [1.807, 2.05) is 6.92 Å². The quantitative estimate of drug-likeness (QED) is 0.727. The number of aliphatic carboxylic acids is 1. The molecule has 0 heterocycles. The molecule has 0 fully saturated rings. The molecule has 0 radical (unpaired) electrons. The van der Waals surface area contributed by atoms with E-state index in [9.17, 15) is 4.79 Å². The minimum atomic E-state index is -0.695. The average molecular weight is 223 g/mol. The molecule has 2 atom stereocenters. The van der Waals surface area contributed by atoms with Crippen LogP contribution >= 0.6 is 15.9 Å². The normalized spacial score (nSPS) is 15.9. The zero-order valence-corrected chi connectivity index (χ0v) is 8.60. The molecule has 0 bridgehead atoms. The largest absolute Gasteiger partial charge is 0.481 e. The van der Waals surface area contributed by atoms with E-state index < -0.39 is 5.97 Å². The summed E-state index contributed by atoms with van der Waals surface area (Å²) in [5, 5.41) is 9.41. The second-order valence-corrected chi connectivity index (χ2v) is 3.85. The van der Waals surface area contributed by atoms with Crippen molar-refractivity contribution in [1.29, 1.82) is 0 Å². The number of alkyl halides is 1. The van der Waals surface area contributed by atoms with Gasteiger partial charge >= 0.3 is 5.97 Å². The average Bonchev–Trinajstić information content (AvgIpc) is 1.85. The molecule has 0 aromatic heterocycles. The van der Waals surface area contributed by atoms with E-state index in [0.717, 1.165) is 11.8 Å². The Morgan fingerprint density at radius 3 is 2.36 bits per heavy atom. The molecule has 0 aliphatic carbocycles. The molecule has 66 valence electrons. The summed E-state index contributed by atoms with van der Waals surface area (Å²) in [5.41, 5.74) is 0. The summed E-state index contributed by atoms with van der Waals surface area (Å²) >= 11 is 3.36. The van der Waals surface area contributed by atoms with Gasteiger partial charge in [-0.05, 0) is 18.3 Å². The van der Waals surface area contributed by atoms with E-state index in [4.69, 9.17) is 5.11 Å². The Bertz CT molecular complexity index is 125. The SMILES string of the molecule is CC(CBr)CC(C)CC(=O)O. The van der Waals surface area contributed by atoms with Gasteiger partial charge in [-0.3, -0.25) is 4.79 Å². The van der Waals surface area contributed by atoms with Gasteiger partial charge in [-0.25, -0.2) is 0 Å². The maximum absolute atomic E-state index is 10.3. The van der Waals surface area contributed by atoms with Gasteiger partial charge in [0.15, 0.2) is 0 Å². The second kappa shape index (κ2) is 5.58. The molecular weight excluding hydrogens is 208 g/mol. The molecule has 0 saturated heterocycles. The number of carboxylic acids is 1. The van der Waals surface area contributed by atoms with E-state index in [-0.39, 0.29) is 6.42 Å². The van der Waals surface area contributed by atoms with Crippen LogP contribution in [0.25, 0.3) is 0 Å². The zero-order valence-electron chi connectivity index (χ0n) is 7.01. The molecule has 0 spiro atoms. The van der Waals surface area contributed by atoms with Crippen LogP contribution in [0.2, 0.25) is 0 Å². The van der Waals surface area contributed by atoms with E-state index in [1.165, 1.54) is 0 Å². The highest BCUT2D eigenvalue weighted by atomic mass is 79.9. The topological polar surface area (TPSA) is 37.3 Å². The van der Waals surface area contributed by atoms with Gasteiger partial charge < -0.3 is 5.11 Å². The van der Waals surface area contributed by atoms with Crippen LogP contribution in [0.3, 0.4) is 0 Å². The molecule has 11 heavy (non-hydrogen) atoms. The van der Waals surface area contributed by atoms with Crippen LogP contribution in [0.1, 0.15) is 26.7 Å². The third kappa shape index (κ3) is 6.35. The van der Waals surface area contributed by atoms with Gasteiger partial charge in [0, 0.05) is 11.8 Å². The fourth-order valence-electron chi connectivity index (χ4n) is 1.13. The molecule has 0 aliphatic rings. The molecule has 3 heteroatoms. The molecular formula is C8H15BrO2. The fourth-order valence-corrected chi connectivity index (χ4v) is 1.40. The van der Waals surface area contributed by atoms with Crippen molar-refractivity contribution in [3.63, 3.8) is 0 Å². The smallest absolute Gasteiger partial charge is 0.303 e. The first-order valence-electron chi connectivity index (χ1n) is 3.84. The van der Waals surface area contributed by atoms with Crippen molar-refractivity contribution >= 4 is 21.9 Å². The maximum Gasteiger partial charge on any atom is 0.303 e. The van der Waals surface area contributed by atoms with E-state index in [0.29, 0.717) is 11.8 Å². The molecule has 0 amide bonds. The van der Waals surface area contributed by atoms with Crippen LogP contribution in [-0.4, -0.2) is 16.4 Å². The first-order chi connectivity index (χ1) is 5.06. The highest BCUT2D eigenvalue weighted by Gasteiger charge is 2.10. The Labute approximate surface area is 76.1 Å². The zero-order chi connectivity index (χ0) is 8.85. The predicted molar refractivity (Wildman–Crippen MR) is 49.0 cm³/mol. The van der Waals surface area contributed by atoms with Crippen molar-refractivity contribution in [3.8, 4) is 0 Å². The lowest BCUT2D eigenvalue weighted by Gasteiger charge is -2.12. The third-order valence-corrected chi connectivity index (χ3v) is 2.70. The molecule has 2 nitrogen and oxygen atoms in total. The lowest BCUT2D eigenvalue weighted by molar-refractivity contribution is -0.138. The number of carbonyl (C=O) groups is 1. The lowest BCUT2D eigenvalue weighted by Crippen LogP contribution is -2.08. The standard InChI is InChI=1S/C8H15BrO2/c1-6(4-8(10)11)3-7(2)5-9/h6-7H,3-5H2,1-2H3,(H,10,11). The summed E-state index contributed by atoms with van der Waals surface area (Å²) in [6, 6.07) is 0. The van der Waals surface area contributed by atoms with Crippen molar-refractivity contribution < 1.29 is 9.90 Å². The third-order valence-electron chi connectivity index (χ3n) is 1.59. The predicted octanol–water partition coefficient (Wildman–Crippen LogP) is 2.52. The molecule has 1 N–H and O–H groups in total. The van der Waals surface area contributed by atoms with Crippen LogP contribution < -0.4 is 0 Å². The fraction of sp³-hybridized carbons (Fsp3) is 0.875. The van der Waals surface area contributed by atoms with Crippen molar-refractivity contribution in [1.82, 2.24) is 0 Å². The Kier molecular flexibility index (Phi) is 5.56. The van der Waals surface area contributed by atoms with Crippen LogP contribution in [0, 0.1) is 11.8 Å². The minimum absolute atomic E-state index is 0.289. The van der Waals surface area contributed by atoms with Gasteiger partial charge in [0.2, 0.25) is 0 Å². The van der Waals surface area contributed by atoms with Crippen molar-refractivity contribution in [2.24, 2.45) is 11.8 Å². The molecule has 0 aliphatic heterocycles. The van der Waals surface area contributed by atoms with Crippen LogP contribution in [0.4, 0.5) is 0 Å². The maximum atomic E-state index is 10.3.